The molecule has 7 heteroatoms. The molecule has 0 aromatic heterocycles. The Morgan fingerprint density at radius 3 is 2.74 bits per heavy atom. The van der Waals surface area contributed by atoms with Gasteiger partial charge in [0, 0.05) is 18.1 Å². The average Bonchev–Trinajstić information content (AvgIpc) is 3.00. The smallest absolute Gasteiger partial charge is 0.325 e. The van der Waals surface area contributed by atoms with Crippen LogP contribution in [0.25, 0.3) is 0 Å². The first kappa shape index (κ1) is 21.4. The summed E-state index contributed by atoms with van der Waals surface area (Å²) in [5, 5.41) is 5.71. The number of urea groups is 1. The van der Waals surface area contributed by atoms with Crippen molar-refractivity contribution >= 4 is 29.6 Å². The molecule has 4 rings (SSSR count). The third-order valence-corrected chi connectivity index (χ3v) is 6.94. The van der Waals surface area contributed by atoms with Gasteiger partial charge in [-0.3, -0.25) is 14.5 Å². The van der Waals surface area contributed by atoms with E-state index in [1.807, 2.05) is 24.3 Å². The summed E-state index contributed by atoms with van der Waals surface area (Å²) in [6.45, 7) is 2.30. The lowest BCUT2D eigenvalue weighted by Crippen LogP contribution is -2.47. The van der Waals surface area contributed by atoms with Gasteiger partial charge in [0.2, 0.25) is 5.91 Å². The minimum absolute atomic E-state index is 0.253. The van der Waals surface area contributed by atoms with Gasteiger partial charge in [-0.15, -0.1) is 0 Å². The number of carbonyl (C=O) groups excluding carboxylic acids is 3. The van der Waals surface area contributed by atoms with Crippen LogP contribution in [0.1, 0.15) is 35.1 Å². The van der Waals surface area contributed by atoms with E-state index in [-0.39, 0.29) is 18.4 Å². The molecule has 1 unspecified atom stereocenters. The van der Waals surface area contributed by atoms with Crippen molar-refractivity contribution < 1.29 is 14.4 Å². The lowest BCUT2D eigenvalue weighted by atomic mass is 9.76. The molecule has 0 radical (unpaired) electrons. The maximum absolute atomic E-state index is 13.2. The summed E-state index contributed by atoms with van der Waals surface area (Å²) in [6.07, 6.45) is 2.27. The summed E-state index contributed by atoms with van der Waals surface area (Å²) in [5.41, 5.74) is 3.39. The number of hydrogen-bond acceptors (Lipinski definition) is 4. The van der Waals surface area contributed by atoms with Crippen molar-refractivity contribution in [2.45, 2.75) is 37.5 Å². The Balaban J connectivity index is 1.28. The number of imide groups is 1. The first-order chi connectivity index (χ1) is 15.0. The second kappa shape index (κ2) is 9.14. The maximum atomic E-state index is 13.2. The molecule has 4 amide bonds. The van der Waals surface area contributed by atoms with E-state index in [0.717, 1.165) is 40.4 Å². The van der Waals surface area contributed by atoms with E-state index in [1.54, 1.807) is 11.8 Å². The fourth-order valence-corrected chi connectivity index (χ4v) is 5.11. The van der Waals surface area contributed by atoms with Crippen LogP contribution in [0, 0.1) is 6.92 Å². The van der Waals surface area contributed by atoms with Crippen molar-refractivity contribution in [3.05, 3.63) is 70.8 Å². The summed E-state index contributed by atoms with van der Waals surface area (Å²) in [7, 11) is 0. The van der Waals surface area contributed by atoms with E-state index in [1.165, 1.54) is 11.1 Å². The van der Waals surface area contributed by atoms with Crippen LogP contribution in [-0.4, -0.2) is 41.6 Å². The van der Waals surface area contributed by atoms with E-state index >= 15 is 0 Å². The van der Waals surface area contributed by atoms with Crippen LogP contribution in [0.3, 0.4) is 0 Å². The number of benzene rings is 2. The molecule has 162 valence electrons. The number of carbonyl (C=O) groups is 3. The van der Waals surface area contributed by atoms with Crippen molar-refractivity contribution in [2.75, 3.05) is 18.8 Å². The van der Waals surface area contributed by atoms with E-state index < -0.39 is 11.6 Å². The van der Waals surface area contributed by atoms with Gasteiger partial charge in [0.1, 0.15) is 12.1 Å². The fourth-order valence-electron chi connectivity index (χ4n) is 4.29. The number of amides is 4. The van der Waals surface area contributed by atoms with E-state index in [0.29, 0.717) is 13.0 Å². The third kappa shape index (κ3) is 4.46. The van der Waals surface area contributed by atoms with Crippen LogP contribution >= 0.6 is 11.8 Å². The number of hydrogen-bond donors (Lipinski definition) is 2. The quantitative estimate of drug-likeness (QED) is 0.515. The van der Waals surface area contributed by atoms with E-state index in [9.17, 15) is 14.4 Å². The van der Waals surface area contributed by atoms with Crippen LogP contribution in [0.4, 0.5) is 4.79 Å². The van der Waals surface area contributed by atoms with Gasteiger partial charge in [-0.25, -0.2) is 4.79 Å². The highest BCUT2D eigenvalue weighted by molar-refractivity contribution is 7.98. The van der Waals surface area contributed by atoms with Crippen molar-refractivity contribution in [3.8, 4) is 0 Å². The monoisotopic (exact) mass is 437 g/mol. The molecule has 1 aliphatic carbocycles. The van der Waals surface area contributed by atoms with Crippen molar-refractivity contribution in [3.63, 3.8) is 0 Å². The van der Waals surface area contributed by atoms with Crippen molar-refractivity contribution in [2.24, 2.45) is 0 Å². The van der Waals surface area contributed by atoms with Gasteiger partial charge in [0.15, 0.2) is 0 Å². The lowest BCUT2D eigenvalue weighted by molar-refractivity contribution is -0.135. The second-order valence-corrected chi connectivity index (χ2v) is 9.23. The molecule has 1 atom stereocenters. The molecule has 6 nitrogen and oxygen atoms in total. The second-order valence-electron chi connectivity index (χ2n) is 8.13. The Labute approximate surface area is 186 Å². The van der Waals surface area contributed by atoms with E-state index in [2.05, 4.69) is 41.8 Å². The number of nitrogens with zero attached hydrogens (tertiary/aromatic N) is 1. The maximum Gasteiger partial charge on any atom is 0.325 e. The average molecular weight is 438 g/mol. The number of thioether (sulfide) groups is 1. The summed E-state index contributed by atoms with van der Waals surface area (Å²) < 4.78 is 0. The molecule has 1 saturated heterocycles. The van der Waals surface area contributed by atoms with Crippen LogP contribution in [0.15, 0.2) is 48.5 Å². The van der Waals surface area contributed by atoms with Crippen LogP contribution < -0.4 is 10.6 Å². The van der Waals surface area contributed by atoms with E-state index in [4.69, 9.17) is 0 Å². The van der Waals surface area contributed by atoms with Crippen LogP contribution in [0.2, 0.25) is 0 Å². The summed E-state index contributed by atoms with van der Waals surface area (Å²) in [4.78, 5) is 39.2. The van der Waals surface area contributed by atoms with Gasteiger partial charge in [0.25, 0.3) is 5.91 Å². The molecule has 31 heavy (non-hydrogen) atoms. The SMILES string of the molecule is Cc1ccc(CSCCNC(=O)CN2C(=O)NC3(CCCc4ccccc43)C2=O)cc1. The first-order valence-corrected chi connectivity index (χ1v) is 11.8. The zero-order chi connectivity index (χ0) is 21.8. The third-order valence-electron chi connectivity index (χ3n) is 5.91. The molecule has 1 heterocycles. The Hall–Kier alpha value is -2.80. The topological polar surface area (TPSA) is 78.5 Å². The van der Waals surface area contributed by atoms with Crippen LogP contribution in [0.5, 0.6) is 0 Å². The Morgan fingerprint density at radius 2 is 1.94 bits per heavy atom. The molecule has 2 N–H and O–H groups in total. The zero-order valence-corrected chi connectivity index (χ0v) is 18.5. The van der Waals surface area contributed by atoms with Gasteiger partial charge >= 0.3 is 6.03 Å². The van der Waals surface area contributed by atoms with Crippen molar-refractivity contribution in [1.29, 1.82) is 0 Å². The van der Waals surface area contributed by atoms with Crippen molar-refractivity contribution in [1.82, 2.24) is 15.5 Å². The summed E-state index contributed by atoms with van der Waals surface area (Å²) in [5.74, 6) is 0.997. The van der Waals surface area contributed by atoms with Crippen LogP contribution in [-0.2, 0) is 27.3 Å². The predicted octanol–water partition coefficient (Wildman–Crippen LogP) is 3.13. The highest BCUT2D eigenvalue weighted by Crippen LogP contribution is 2.39. The molecule has 1 spiro atoms. The molecule has 2 aliphatic rings. The number of rotatable bonds is 7. The number of fused-ring (bicyclic) bond motifs is 2. The fraction of sp³-hybridized carbons (Fsp3) is 0.375. The molecular formula is C24H27N3O3S. The highest BCUT2D eigenvalue weighted by atomic mass is 32.2. The lowest BCUT2D eigenvalue weighted by Gasteiger charge is -2.33. The molecule has 0 bridgehead atoms. The number of nitrogens with one attached hydrogen (secondary N) is 2. The van der Waals surface area contributed by atoms with Gasteiger partial charge in [-0.2, -0.15) is 11.8 Å². The van der Waals surface area contributed by atoms with Gasteiger partial charge < -0.3 is 10.6 Å². The molecule has 2 aromatic carbocycles. The summed E-state index contributed by atoms with van der Waals surface area (Å²) >= 11 is 1.73. The molecule has 2 aromatic rings. The Bertz CT molecular complexity index is 992. The zero-order valence-electron chi connectivity index (χ0n) is 17.6. The Kier molecular flexibility index (Phi) is 6.32. The number of aryl methyl sites for hydroxylation is 2. The highest BCUT2D eigenvalue weighted by Gasteiger charge is 2.54. The molecule has 1 fully saturated rings. The van der Waals surface area contributed by atoms with Gasteiger partial charge in [-0.1, -0.05) is 54.1 Å². The largest absolute Gasteiger partial charge is 0.354 e. The standard InChI is InChI=1S/C24H27N3O3S/c1-17-8-10-18(11-9-17)16-31-14-13-25-21(28)15-27-22(29)24(26-23(27)30)12-4-6-19-5-2-3-7-20(19)24/h2-3,5,7-11H,4,6,12-16H2,1H3,(H,25,28)(H,26,30). The molecule has 1 aliphatic heterocycles. The van der Waals surface area contributed by atoms with Gasteiger partial charge in [-0.05, 0) is 42.9 Å². The predicted molar refractivity (Wildman–Crippen MR) is 122 cm³/mol. The molecule has 0 saturated carbocycles. The minimum Gasteiger partial charge on any atom is -0.354 e. The first-order valence-electron chi connectivity index (χ1n) is 10.6. The molecular weight excluding hydrogens is 410 g/mol. The normalized spacial score (nSPS) is 20.0. The summed E-state index contributed by atoms with van der Waals surface area (Å²) in [6, 6.07) is 15.6. The van der Waals surface area contributed by atoms with Gasteiger partial charge in [0.05, 0.1) is 0 Å². The Morgan fingerprint density at radius 1 is 1.16 bits per heavy atom. The minimum atomic E-state index is -1.03.